The number of sulfonamides is 1. The molecule has 0 spiro atoms. The zero-order chi connectivity index (χ0) is 14.5. The maximum absolute atomic E-state index is 12.1. The van der Waals surface area contributed by atoms with Crippen LogP contribution in [0.2, 0.25) is 5.15 Å². The van der Waals surface area contributed by atoms with E-state index in [0.717, 1.165) is 0 Å². The van der Waals surface area contributed by atoms with Crippen LogP contribution in [-0.2, 0) is 14.8 Å². The van der Waals surface area contributed by atoms with E-state index in [1.165, 1.54) is 18.3 Å². The Labute approximate surface area is 118 Å². The summed E-state index contributed by atoms with van der Waals surface area (Å²) in [4.78, 5) is 14.8. The highest BCUT2D eigenvalue weighted by molar-refractivity contribution is 7.89. The van der Waals surface area contributed by atoms with Crippen molar-refractivity contribution in [2.75, 3.05) is 0 Å². The fourth-order valence-corrected chi connectivity index (χ4v) is 3.41. The highest BCUT2D eigenvalue weighted by Gasteiger charge is 2.53. The van der Waals surface area contributed by atoms with Gasteiger partial charge in [-0.1, -0.05) is 11.6 Å². The maximum Gasteiger partial charge on any atom is 0.324 e. The molecule has 1 fully saturated rings. The van der Waals surface area contributed by atoms with Gasteiger partial charge >= 0.3 is 5.97 Å². The Kier molecular flexibility index (Phi) is 2.79. The van der Waals surface area contributed by atoms with Gasteiger partial charge in [-0.05, 0) is 18.9 Å². The Morgan fingerprint density at radius 2 is 2.20 bits per heavy atom. The number of hydrogen-bond donors (Lipinski definition) is 2. The number of aliphatic carboxylic acids is 1. The van der Waals surface area contributed by atoms with Crippen molar-refractivity contribution in [3.63, 3.8) is 0 Å². The normalized spacial score (nSPS) is 17.2. The van der Waals surface area contributed by atoms with E-state index in [4.69, 9.17) is 21.1 Å². The molecule has 0 atom stereocenters. The number of halogens is 1. The van der Waals surface area contributed by atoms with Crippen LogP contribution in [0.25, 0.3) is 11.0 Å². The van der Waals surface area contributed by atoms with E-state index in [9.17, 15) is 13.2 Å². The lowest BCUT2D eigenvalue weighted by molar-refractivity contribution is -0.140. The summed E-state index contributed by atoms with van der Waals surface area (Å²) < 4.78 is 31.6. The fourth-order valence-electron chi connectivity index (χ4n) is 1.83. The highest BCUT2D eigenvalue weighted by Crippen LogP contribution is 2.37. The minimum absolute atomic E-state index is 0.118. The molecule has 3 rings (SSSR count). The molecule has 0 saturated heterocycles. The van der Waals surface area contributed by atoms with Crippen LogP contribution in [0.1, 0.15) is 12.8 Å². The molecule has 1 aliphatic carbocycles. The zero-order valence-corrected chi connectivity index (χ0v) is 11.5. The standard InChI is InChI=1S/C11H9ClN2O5S/c12-9-6-5-8(19-7(6)1-4-13-9)20(17,18)14-11(2-3-11)10(15)16/h1,4-5,14H,2-3H2,(H,15,16). The largest absolute Gasteiger partial charge is 0.480 e. The zero-order valence-electron chi connectivity index (χ0n) is 9.96. The number of rotatable bonds is 4. The predicted molar refractivity (Wildman–Crippen MR) is 68.9 cm³/mol. The highest BCUT2D eigenvalue weighted by atomic mass is 35.5. The first-order chi connectivity index (χ1) is 9.34. The Morgan fingerprint density at radius 1 is 1.50 bits per heavy atom. The molecule has 1 saturated carbocycles. The Morgan fingerprint density at radius 3 is 2.75 bits per heavy atom. The number of carbonyl (C=O) groups is 1. The van der Waals surface area contributed by atoms with Gasteiger partial charge < -0.3 is 9.52 Å². The van der Waals surface area contributed by atoms with Gasteiger partial charge in [0, 0.05) is 12.3 Å². The van der Waals surface area contributed by atoms with Crippen LogP contribution in [0.3, 0.4) is 0 Å². The van der Waals surface area contributed by atoms with Crippen LogP contribution in [0, 0.1) is 0 Å². The van der Waals surface area contributed by atoms with E-state index in [-0.39, 0.29) is 28.7 Å². The molecular weight excluding hydrogens is 308 g/mol. The molecular formula is C11H9ClN2O5S. The molecule has 0 bridgehead atoms. The van der Waals surface area contributed by atoms with Gasteiger partial charge in [0.05, 0.1) is 5.39 Å². The Balaban J connectivity index is 2.02. The number of nitrogens with zero attached hydrogens (tertiary/aromatic N) is 1. The Hall–Kier alpha value is -1.64. The summed E-state index contributed by atoms with van der Waals surface area (Å²) in [5.74, 6) is -1.20. The topological polar surface area (TPSA) is 110 Å². The summed E-state index contributed by atoms with van der Waals surface area (Å²) in [6.45, 7) is 0. The smallest absolute Gasteiger partial charge is 0.324 e. The average molecular weight is 317 g/mol. The van der Waals surface area contributed by atoms with E-state index < -0.39 is 21.5 Å². The van der Waals surface area contributed by atoms with Crippen molar-refractivity contribution in [1.82, 2.24) is 9.71 Å². The molecule has 2 N–H and O–H groups in total. The number of aromatic nitrogens is 1. The number of carboxylic acid groups (broad SMARTS) is 1. The minimum atomic E-state index is -4.06. The SMILES string of the molecule is O=C(O)C1(NS(=O)(=O)c2cc3c(Cl)nccc3o2)CC1. The molecule has 2 heterocycles. The number of hydrogen-bond acceptors (Lipinski definition) is 5. The van der Waals surface area contributed by atoms with Crippen molar-refractivity contribution in [2.24, 2.45) is 0 Å². The van der Waals surface area contributed by atoms with Crippen molar-refractivity contribution in [3.05, 3.63) is 23.5 Å². The van der Waals surface area contributed by atoms with E-state index in [0.29, 0.717) is 5.39 Å². The van der Waals surface area contributed by atoms with Gasteiger partial charge in [0.25, 0.3) is 10.0 Å². The lowest BCUT2D eigenvalue weighted by Crippen LogP contribution is -2.42. The summed E-state index contributed by atoms with van der Waals surface area (Å²) in [7, 11) is -4.06. The van der Waals surface area contributed by atoms with Crippen LogP contribution >= 0.6 is 11.6 Å². The van der Waals surface area contributed by atoms with Gasteiger partial charge in [-0.3, -0.25) is 4.79 Å². The van der Waals surface area contributed by atoms with Gasteiger partial charge in [-0.25, -0.2) is 13.4 Å². The second-order valence-corrected chi connectivity index (χ2v) is 6.54. The first-order valence-electron chi connectivity index (χ1n) is 5.65. The second-order valence-electron chi connectivity index (χ2n) is 4.57. The molecule has 1 aliphatic rings. The second kappa shape index (κ2) is 4.18. The molecule has 20 heavy (non-hydrogen) atoms. The minimum Gasteiger partial charge on any atom is -0.480 e. The summed E-state index contributed by atoms with van der Waals surface area (Å²) in [6.07, 6.45) is 1.89. The molecule has 0 aromatic carbocycles. The number of fused-ring (bicyclic) bond motifs is 1. The summed E-state index contributed by atoms with van der Waals surface area (Å²) in [5, 5.41) is 9.10. The predicted octanol–water partition coefficient (Wildman–Crippen LogP) is 1.38. The van der Waals surface area contributed by atoms with Gasteiger partial charge in [0.15, 0.2) is 0 Å². The summed E-state index contributed by atoms with van der Waals surface area (Å²) in [5.41, 5.74) is -1.15. The van der Waals surface area contributed by atoms with Crippen molar-refractivity contribution in [1.29, 1.82) is 0 Å². The lowest BCUT2D eigenvalue weighted by atomic mass is 10.3. The molecule has 7 nitrogen and oxygen atoms in total. The van der Waals surface area contributed by atoms with Gasteiger partial charge in [-0.2, -0.15) is 4.72 Å². The van der Waals surface area contributed by atoms with Crippen molar-refractivity contribution >= 4 is 38.6 Å². The van der Waals surface area contributed by atoms with E-state index in [1.54, 1.807) is 0 Å². The maximum atomic E-state index is 12.1. The fraction of sp³-hybridized carbons (Fsp3) is 0.273. The average Bonchev–Trinajstić information content (AvgIpc) is 2.99. The summed E-state index contributed by atoms with van der Waals surface area (Å²) >= 11 is 5.84. The van der Waals surface area contributed by atoms with Gasteiger partial charge in [0.1, 0.15) is 16.3 Å². The van der Waals surface area contributed by atoms with Crippen LogP contribution in [0.15, 0.2) is 27.8 Å². The molecule has 9 heteroatoms. The molecule has 2 aromatic rings. The van der Waals surface area contributed by atoms with Crippen LogP contribution in [0.4, 0.5) is 0 Å². The van der Waals surface area contributed by atoms with Crippen LogP contribution in [0.5, 0.6) is 0 Å². The molecule has 0 amide bonds. The lowest BCUT2D eigenvalue weighted by Gasteiger charge is -2.10. The molecule has 0 unspecified atom stereocenters. The van der Waals surface area contributed by atoms with Crippen molar-refractivity contribution < 1.29 is 22.7 Å². The quantitative estimate of drug-likeness (QED) is 0.825. The third-order valence-electron chi connectivity index (χ3n) is 3.13. The molecule has 2 aromatic heterocycles. The monoisotopic (exact) mass is 316 g/mol. The first kappa shape index (κ1) is 13.3. The number of carboxylic acids is 1. The van der Waals surface area contributed by atoms with E-state index in [1.807, 2.05) is 0 Å². The third kappa shape index (κ3) is 2.05. The van der Waals surface area contributed by atoms with E-state index in [2.05, 4.69) is 9.71 Å². The number of pyridine rings is 1. The van der Waals surface area contributed by atoms with Crippen LogP contribution in [-0.4, -0.2) is 30.0 Å². The van der Waals surface area contributed by atoms with E-state index >= 15 is 0 Å². The molecule has 0 radical (unpaired) electrons. The molecule has 106 valence electrons. The Bertz CT molecular complexity index is 809. The molecule has 0 aliphatic heterocycles. The number of furan rings is 1. The summed E-state index contributed by atoms with van der Waals surface area (Å²) in [6, 6.07) is 2.70. The first-order valence-corrected chi connectivity index (χ1v) is 7.52. The number of nitrogens with one attached hydrogen (secondary N) is 1. The van der Waals surface area contributed by atoms with Gasteiger partial charge in [-0.15, -0.1) is 0 Å². The van der Waals surface area contributed by atoms with Crippen molar-refractivity contribution in [3.8, 4) is 0 Å². The van der Waals surface area contributed by atoms with Gasteiger partial charge in [0.2, 0.25) is 5.09 Å². The third-order valence-corrected chi connectivity index (χ3v) is 4.82. The van der Waals surface area contributed by atoms with Crippen molar-refractivity contribution in [2.45, 2.75) is 23.5 Å². The van der Waals surface area contributed by atoms with Crippen LogP contribution < -0.4 is 4.72 Å².